The molecule has 0 saturated carbocycles. The summed E-state index contributed by atoms with van der Waals surface area (Å²) in [6.07, 6.45) is -0.312. The van der Waals surface area contributed by atoms with Crippen LogP contribution in [-0.4, -0.2) is 25.4 Å². The highest BCUT2D eigenvalue weighted by molar-refractivity contribution is 6.30. The second-order valence-corrected chi connectivity index (χ2v) is 7.44. The van der Waals surface area contributed by atoms with Crippen LogP contribution >= 0.6 is 11.6 Å². The minimum Gasteiger partial charge on any atom is -0.382 e. The molecule has 2 aromatic heterocycles. The van der Waals surface area contributed by atoms with Gasteiger partial charge in [0, 0.05) is 20.9 Å². The fourth-order valence-corrected chi connectivity index (χ4v) is 3.51. The molecular weight excluding hydrogens is 440 g/mol. The lowest BCUT2D eigenvalue weighted by molar-refractivity contribution is -0.124. The molecular formula is C22H18ClF2N5O2. The van der Waals surface area contributed by atoms with Gasteiger partial charge in [0.15, 0.2) is 17.7 Å². The Bertz CT molecular complexity index is 1480. The second-order valence-electron chi connectivity index (χ2n) is 7.01. The van der Waals surface area contributed by atoms with Crippen molar-refractivity contribution in [3.63, 3.8) is 0 Å². The highest BCUT2D eigenvalue weighted by Crippen LogP contribution is 2.33. The Hall–Kier alpha value is -3.56. The van der Waals surface area contributed by atoms with Gasteiger partial charge in [0.1, 0.15) is 22.9 Å². The normalized spacial score (nSPS) is 14.0. The number of anilines is 2. The molecule has 32 heavy (non-hydrogen) atoms. The molecule has 0 aliphatic carbocycles. The maximum Gasteiger partial charge on any atom is 0.257 e. The third-order valence-corrected chi connectivity index (χ3v) is 5.01. The van der Waals surface area contributed by atoms with Crippen LogP contribution in [0.2, 0.25) is 5.02 Å². The van der Waals surface area contributed by atoms with Crippen LogP contribution in [0.15, 0.2) is 42.6 Å². The zero-order valence-electron chi connectivity index (χ0n) is 19.5. The monoisotopic (exact) mass is 460 g/mol. The lowest BCUT2D eigenvalue weighted by Crippen LogP contribution is -2.21. The Labute approximate surface area is 190 Å². The first-order valence-electron chi connectivity index (χ1n) is 10.8. The number of aryl methyl sites for hydroxylation is 2. The van der Waals surface area contributed by atoms with Crippen molar-refractivity contribution in [3.8, 4) is 11.3 Å². The summed E-state index contributed by atoms with van der Waals surface area (Å²) >= 11 is 5.86. The molecule has 1 amide bonds. The zero-order valence-corrected chi connectivity index (χ0v) is 17.3. The Morgan fingerprint density at radius 3 is 2.78 bits per heavy atom. The van der Waals surface area contributed by atoms with Crippen LogP contribution in [0.1, 0.15) is 27.3 Å². The van der Waals surface area contributed by atoms with E-state index in [1.54, 1.807) is 13.0 Å². The summed E-state index contributed by atoms with van der Waals surface area (Å²) < 4.78 is 54.5. The van der Waals surface area contributed by atoms with Gasteiger partial charge >= 0.3 is 0 Å². The smallest absolute Gasteiger partial charge is 0.257 e. The van der Waals surface area contributed by atoms with Crippen molar-refractivity contribution in [2.24, 2.45) is 0 Å². The van der Waals surface area contributed by atoms with E-state index in [0.717, 1.165) is 12.1 Å². The Kier molecular flexibility index (Phi) is 4.61. The van der Waals surface area contributed by atoms with Crippen LogP contribution in [-0.2, 0) is 4.79 Å². The summed E-state index contributed by atoms with van der Waals surface area (Å²) in [6.45, 7) is -1.09. The van der Waals surface area contributed by atoms with Gasteiger partial charge in [-0.1, -0.05) is 23.7 Å². The summed E-state index contributed by atoms with van der Waals surface area (Å²) in [6, 6.07) is 8.05. The Balaban J connectivity index is 1.75. The number of amides is 1. The zero-order chi connectivity index (χ0) is 25.7. The summed E-state index contributed by atoms with van der Waals surface area (Å²) in [5.41, 5.74) is 5.36. The molecule has 0 spiro atoms. The minimum atomic E-state index is -2.68. The molecule has 0 bridgehead atoms. The van der Waals surface area contributed by atoms with Gasteiger partial charge in [-0.15, -0.1) is 0 Å². The maximum absolute atomic E-state index is 15.2. The van der Waals surface area contributed by atoms with Gasteiger partial charge in [-0.25, -0.2) is 18.7 Å². The largest absolute Gasteiger partial charge is 0.382 e. The first-order chi connectivity index (χ1) is 16.4. The van der Waals surface area contributed by atoms with Crippen LogP contribution in [0.4, 0.5) is 20.3 Å². The number of hydrogen-bond donors (Lipinski definition) is 3. The Morgan fingerprint density at radius 1 is 1.28 bits per heavy atom. The number of aromatic nitrogens is 3. The van der Waals surface area contributed by atoms with Crippen LogP contribution in [0, 0.1) is 25.4 Å². The maximum atomic E-state index is 15.2. The van der Waals surface area contributed by atoms with E-state index in [0.29, 0.717) is 5.69 Å². The van der Waals surface area contributed by atoms with Crippen LogP contribution in [0.3, 0.4) is 0 Å². The van der Waals surface area contributed by atoms with Crippen LogP contribution in [0.25, 0.3) is 16.8 Å². The highest BCUT2D eigenvalue weighted by Gasteiger charge is 2.24. The van der Waals surface area contributed by atoms with Gasteiger partial charge in [-0.3, -0.25) is 9.20 Å². The first-order valence-corrected chi connectivity index (χ1v) is 9.64. The predicted molar refractivity (Wildman–Crippen MR) is 117 cm³/mol. The van der Waals surface area contributed by atoms with E-state index in [-0.39, 0.29) is 33.2 Å². The number of nitrogens with zero attached hydrogens (tertiary/aromatic N) is 3. The number of imidazole rings is 1. The Morgan fingerprint density at radius 2 is 2.06 bits per heavy atom. The molecule has 0 aliphatic heterocycles. The fraction of sp³-hybridized carbons (Fsp3) is 0.136. The van der Waals surface area contributed by atoms with E-state index < -0.39 is 42.0 Å². The fourth-order valence-electron chi connectivity index (χ4n) is 3.31. The van der Waals surface area contributed by atoms with Gasteiger partial charge < -0.3 is 16.2 Å². The molecule has 164 valence electrons. The van der Waals surface area contributed by atoms with Gasteiger partial charge in [0.25, 0.3) is 5.91 Å². The number of nitrogen functional groups attached to an aromatic ring is 1. The van der Waals surface area contributed by atoms with E-state index in [2.05, 4.69) is 15.3 Å². The molecule has 1 unspecified atom stereocenters. The van der Waals surface area contributed by atoms with Crippen molar-refractivity contribution < 1.29 is 22.8 Å². The average molecular weight is 461 g/mol. The molecule has 2 aromatic carbocycles. The van der Waals surface area contributed by atoms with E-state index >= 15 is 4.39 Å². The predicted octanol–water partition coefficient (Wildman–Crippen LogP) is 4.20. The van der Waals surface area contributed by atoms with Crippen molar-refractivity contribution in [2.75, 3.05) is 11.1 Å². The number of carbonyl (C=O) groups is 1. The summed E-state index contributed by atoms with van der Waals surface area (Å²) in [4.78, 5) is 20.5. The molecule has 1 atom stereocenters. The third-order valence-electron chi connectivity index (χ3n) is 4.77. The first kappa shape index (κ1) is 18.1. The number of halogens is 3. The van der Waals surface area contributed by atoms with Crippen molar-refractivity contribution in [1.29, 1.82) is 0 Å². The molecule has 4 N–H and O–H groups in total. The molecule has 2 heterocycles. The summed E-state index contributed by atoms with van der Waals surface area (Å²) in [5, 5.41) is 12.7. The lowest BCUT2D eigenvalue weighted by Gasteiger charge is -2.13. The average Bonchev–Trinajstić information content (AvgIpc) is 3.16. The molecule has 0 radical (unpaired) electrons. The van der Waals surface area contributed by atoms with Crippen molar-refractivity contribution in [2.45, 2.75) is 19.9 Å². The number of rotatable bonds is 4. The highest BCUT2D eigenvalue weighted by atomic mass is 35.5. The molecule has 4 aromatic rings. The summed E-state index contributed by atoms with van der Waals surface area (Å²) in [5.74, 6) is -4.38. The van der Waals surface area contributed by atoms with Gasteiger partial charge in [-0.2, -0.15) is 0 Å². The number of benzene rings is 2. The number of nitrogens with two attached hydrogens (primary N) is 1. The molecule has 0 saturated heterocycles. The summed E-state index contributed by atoms with van der Waals surface area (Å²) in [7, 11) is 0. The quantitative estimate of drug-likeness (QED) is 0.423. The number of aliphatic hydroxyl groups is 1. The number of aliphatic hydroxyl groups excluding tert-OH is 1. The van der Waals surface area contributed by atoms with Crippen molar-refractivity contribution in [3.05, 3.63) is 76.3 Å². The topological polar surface area (TPSA) is 106 Å². The van der Waals surface area contributed by atoms with E-state index in [1.165, 1.54) is 28.8 Å². The minimum absolute atomic E-state index is 0.00631. The number of carbonyl (C=O) groups excluding carboxylic acids is 1. The van der Waals surface area contributed by atoms with E-state index in [1.807, 2.05) is 0 Å². The number of hydrogen-bond acceptors (Lipinski definition) is 5. The lowest BCUT2D eigenvalue weighted by atomic mass is 10.1. The van der Waals surface area contributed by atoms with Crippen LogP contribution < -0.4 is 11.1 Å². The van der Waals surface area contributed by atoms with Gasteiger partial charge in [0.05, 0.1) is 11.4 Å². The standard InChI is InChI=1S/C22H18ClF2N5O2/c1-10-9-30-11(2)28-18(19(30)21(26)27-10)14-6-7-15(17(25)16(14)24)29-22(32)20(31)12-4-3-5-13(23)8-12/h3-9,20,31H,1-2H3,(H2,26,27)(H,29,32)/i2D3. The van der Waals surface area contributed by atoms with E-state index in [9.17, 15) is 14.3 Å². The second kappa shape index (κ2) is 8.18. The third kappa shape index (κ3) is 3.76. The molecule has 0 fully saturated rings. The van der Waals surface area contributed by atoms with Crippen molar-refractivity contribution >= 4 is 34.5 Å². The van der Waals surface area contributed by atoms with Gasteiger partial charge in [-0.05, 0) is 43.6 Å². The van der Waals surface area contributed by atoms with Crippen LogP contribution in [0.5, 0.6) is 0 Å². The molecule has 4 rings (SSSR count). The molecule has 10 heteroatoms. The molecule has 0 aliphatic rings. The number of fused-ring (bicyclic) bond motifs is 1. The molecule has 7 nitrogen and oxygen atoms in total. The van der Waals surface area contributed by atoms with E-state index in [4.69, 9.17) is 21.4 Å². The van der Waals surface area contributed by atoms with Crippen molar-refractivity contribution in [1.82, 2.24) is 14.4 Å². The number of nitrogens with one attached hydrogen (secondary N) is 1. The SMILES string of the molecule is [2H]C([2H])([2H])c1nc(-c2ccc(NC(=O)C(O)c3cccc(Cl)c3)c(F)c2F)c2c(N)nc(C)cn12. The van der Waals surface area contributed by atoms with Gasteiger partial charge in [0.2, 0.25) is 0 Å².